The third kappa shape index (κ3) is 4.02. The molecule has 1 aromatic carbocycles. The highest BCUT2D eigenvalue weighted by atomic mass is 19.1. The number of anilines is 1. The van der Waals surface area contributed by atoms with Gasteiger partial charge in [-0.15, -0.1) is 0 Å². The van der Waals surface area contributed by atoms with Crippen molar-refractivity contribution < 1.29 is 9.18 Å². The van der Waals surface area contributed by atoms with Crippen LogP contribution in [-0.2, 0) is 0 Å². The van der Waals surface area contributed by atoms with Gasteiger partial charge < -0.3 is 21.4 Å². The van der Waals surface area contributed by atoms with Crippen LogP contribution < -0.4 is 16.4 Å². The molecule has 9 heteroatoms. The van der Waals surface area contributed by atoms with Crippen LogP contribution in [0.2, 0.25) is 0 Å². The third-order valence-corrected chi connectivity index (χ3v) is 5.02. The van der Waals surface area contributed by atoms with E-state index in [9.17, 15) is 9.18 Å². The number of aromatic amines is 1. The highest BCUT2D eigenvalue weighted by molar-refractivity contribution is 6.14. The molecule has 158 valence electrons. The quantitative estimate of drug-likeness (QED) is 0.398. The molecule has 0 saturated heterocycles. The second-order valence-electron chi connectivity index (χ2n) is 6.91. The van der Waals surface area contributed by atoms with Crippen LogP contribution in [0.15, 0.2) is 30.6 Å². The minimum Gasteiger partial charge on any atom is -0.387 e. The van der Waals surface area contributed by atoms with Crippen molar-refractivity contribution in [3.63, 3.8) is 0 Å². The van der Waals surface area contributed by atoms with E-state index in [0.29, 0.717) is 34.5 Å². The first kappa shape index (κ1) is 21.4. The molecule has 4 rings (SSSR count). The van der Waals surface area contributed by atoms with E-state index in [2.05, 4.69) is 25.6 Å². The molecule has 0 radical (unpaired) electrons. The Morgan fingerprint density at radius 1 is 1.33 bits per heavy atom. The Morgan fingerprint density at radius 3 is 2.70 bits per heavy atom. The van der Waals surface area contributed by atoms with E-state index in [0.717, 1.165) is 12.8 Å². The highest BCUT2D eigenvalue weighted by Gasteiger charge is 2.43. The lowest BCUT2D eigenvalue weighted by atomic mass is 10.1. The fourth-order valence-corrected chi connectivity index (χ4v) is 3.10. The summed E-state index contributed by atoms with van der Waals surface area (Å²) in [7, 11) is 1.65. The number of nitrogens with zero attached hydrogens (tertiary/aromatic N) is 2. The zero-order chi connectivity index (χ0) is 21.9. The third-order valence-electron chi connectivity index (χ3n) is 5.02. The summed E-state index contributed by atoms with van der Waals surface area (Å²) in [5.41, 5.74) is 7.90. The molecule has 1 aliphatic rings. The van der Waals surface area contributed by atoms with Gasteiger partial charge in [-0.1, -0.05) is 13.8 Å². The van der Waals surface area contributed by atoms with Crippen LogP contribution >= 0.6 is 0 Å². The van der Waals surface area contributed by atoms with Crippen molar-refractivity contribution in [2.75, 3.05) is 18.9 Å². The maximum Gasteiger partial charge on any atom is 0.255 e. The zero-order valence-electron chi connectivity index (χ0n) is 17.3. The van der Waals surface area contributed by atoms with Crippen molar-refractivity contribution in [2.24, 2.45) is 5.73 Å². The number of H-pyrrole nitrogens is 1. The van der Waals surface area contributed by atoms with E-state index in [1.165, 1.54) is 24.4 Å². The van der Waals surface area contributed by atoms with Crippen LogP contribution in [0.25, 0.3) is 11.2 Å². The molecule has 0 aliphatic heterocycles. The minimum atomic E-state index is -0.402. The lowest BCUT2D eigenvalue weighted by molar-refractivity contribution is 0.0934. The molecule has 1 aliphatic carbocycles. The number of halogens is 1. The number of carbonyl (C=O) groups is 1. The van der Waals surface area contributed by atoms with Crippen molar-refractivity contribution in [2.45, 2.75) is 32.2 Å². The van der Waals surface area contributed by atoms with Gasteiger partial charge in [-0.3, -0.25) is 10.2 Å². The lowest BCUT2D eigenvalue weighted by Crippen LogP contribution is -2.42. The summed E-state index contributed by atoms with van der Waals surface area (Å²) in [6.07, 6.45) is 4.72. The summed E-state index contributed by atoms with van der Waals surface area (Å²) < 4.78 is 13.5. The number of nitrogens with one attached hydrogen (secondary N) is 4. The first-order chi connectivity index (χ1) is 14.5. The van der Waals surface area contributed by atoms with Crippen molar-refractivity contribution in [1.29, 1.82) is 5.41 Å². The molecule has 2 aromatic heterocycles. The first-order valence-corrected chi connectivity index (χ1v) is 9.90. The molecule has 3 aromatic rings. The predicted octanol–water partition coefficient (Wildman–Crippen LogP) is 2.80. The normalized spacial score (nSPS) is 13.9. The molecule has 0 spiro atoms. The van der Waals surface area contributed by atoms with Crippen LogP contribution in [-0.4, -0.2) is 45.7 Å². The van der Waals surface area contributed by atoms with E-state index < -0.39 is 5.82 Å². The Morgan fingerprint density at radius 2 is 2.07 bits per heavy atom. The number of fused-ring (bicyclic) bond motifs is 1. The van der Waals surface area contributed by atoms with Crippen LogP contribution in [0, 0.1) is 11.2 Å². The van der Waals surface area contributed by atoms with Gasteiger partial charge >= 0.3 is 0 Å². The van der Waals surface area contributed by atoms with Crippen molar-refractivity contribution in [3.05, 3.63) is 53.2 Å². The van der Waals surface area contributed by atoms with E-state index in [-0.39, 0.29) is 22.9 Å². The van der Waals surface area contributed by atoms with Gasteiger partial charge in [0.15, 0.2) is 5.65 Å². The maximum atomic E-state index is 13.5. The highest BCUT2D eigenvalue weighted by Crippen LogP contribution is 2.34. The number of hydrogen-bond acceptors (Lipinski definition) is 6. The zero-order valence-corrected chi connectivity index (χ0v) is 17.3. The average Bonchev–Trinajstić information content (AvgIpc) is 3.42. The monoisotopic (exact) mass is 411 g/mol. The number of benzene rings is 1. The average molecular weight is 411 g/mol. The van der Waals surface area contributed by atoms with Gasteiger partial charge in [0, 0.05) is 31.0 Å². The van der Waals surface area contributed by atoms with Crippen LogP contribution in [0.3, 0.4) is 0 Å². The van der Waals surface area contributed by atoms with Gasteiger partial charge in [-0.05, 0) is 31.0 Å². The molecule has 1 amide bonds. The fourth-order valence-electron chi connectivity index (χ4n) is 3.10. The first-order valence-electron chi connectivity index (χ1n) is 9.90. The summed E-state index contributed by atoms with van der Waals surface area (Å²) in [5.74, 6) is -0.675. The number of hydrogen-bond donors (Lipinski definition) is 5. The fraction of sp³-hybridized carbons (Fsp3) is 0.333. The lowest BCUT2D eigenvalue weighted by Gasteiger charge is -2.14. The molecule has 6 N–H and O–H groups in total. The number of amides is 1. The number of rotatable bonds is 6. The molecular formula is C21H26FN7O. The molecule has 30 heavy (non-hydrogen) atoms. The van der Waals surface area contributed by atoms with Crippen LogP contribution in [0.1, 0.15) is 48.3 Å². The van der Waals surface area contributed by atoms with Gasteiger partial charge in [-0.25, -0.2) is 14.4 Å². The Hall–Kier alpha value is -3.33. The Kier molecular flexibility index (Phi) is 6.12. The molecule has 0 atom stereocenters. The van der Waals surface area contributed by atoms with Crippen molar-refractivity contribution >= 4 is 28.5 Å². The molecule has 0 bridgehead atoms. The van der Waals surface area contributed by atoms with E-state index in [4.69, 9.17) is 11.1 Å². The van der Waals surface area contributed by atoms with Crippen molar-refractivity contribution in [3.8, 4) is 0 Å². The topological polar surface area (TPSA) is 133 Å². The molecule has 1 saturated carbocycles. The number of carbonyl (C=O) groups excluding carboxylic acids is 1. The van der Waals surface area contributed by atoms with E-state index >= 15 is 0 Å². The molecule has 2 heterocycles. The molecule has 0 unspecified atom stereocenters. The van der Waals surface area contributed by atoms with Crippen LogP contribution in [0.4, 0.5) is 10.1 Å². The van der Waals surface area contributed by atoms with Gasteiger partial charge in [0.1, 0.15) is 17.0 Å². The predicted molar refractivity (Wildman–Crippen MR) is 116 cm³/mol. The van der Waals surface area contributed by atoms with Gasteiger partial charge in [0.2, 0.25) is 0 Å². The Balaban J connectivity index is 0.00000124. The van der Waals surface area contributed by atoms with E-state index in [1.54, 1.807) is 13.2 Å². The van der Waals surface area contributed by atoms with Gasteiger partial charge in [-0.2, -0.15) is 0 Å². The van der Waals surface area contributed by atoms with Gasteiger partial charge in [0.25, 0.3) is 5.91 Å². The van der Waals surface area contributed by atoms with E-state index in [1.807, 2.05) is 13.8 Å². The summed E-state index contributed by atoms with van der Waals surface area (Å²) in [6, 6.07) is 4.11. The number of aromatic nitrogens is 3. The number of nitrogens with two attached hydrogens (primary N) is 1. The molecule has 1 fully saturated rings. The second kappa shape index (κ2) is 8.58. The summed E-state index contributed by atoms with van der Waals surface area (Å²) in [4.78, 5) is 24.3. The summed E-state index contributed by atoms with van der Waals surface area (Å²) in [5, 5.41) is 14.3. The van der Waals surface area contributed by atoms with Crippen molar-refractivity contribution in [1.82, 2.24) is 20.3 Å². The Labute approximate surface area is 174 Å². The van der Waals surface area contributed by atoms with Gasteiger partial charge in [0.05, 0.1) is 23.0 Å². The molecule has 8 nitrogen and oxygen atoms in total. The standard InChI is InChI=1S/C19H20FN7O.C2H6/c1-23-13-6-10(20)2-3-11(13)15(22)14-8-25-17-16(26-14)12(7-24-17)18(28)27-19(9-21)4-5-19;1-2/h2-3,6-8,22-23H,4-5,9,21H2,1H3,(H,24,25)(H,27,28);1-2H3. The summed E-state index contributed by atoms with van der Waals surface area (Å²) in [6.45, 7) is 4.39. The smallest absolute Gasteiger partial charge is 0.255 e. The minimum absolute atomic E-state index is 0.0759. The van der Waals surface area contributed by atoms with Crippen LogP contribution in [0.5, 0.6) is 0 Å². The maximum absolute atomic E-state index is 13.5. The largest absolute Gasteiger partial charge is 0.387 e. The second-order valence-corrected chi connectivity index (χ2v) is 6.91. The molecular weight excluding hydrogens is 385 g/mol. The SMILES string of the molecule is CC.CNc1cc(F)ccc1C(=N)c1cnc2[nH]cc(C(=O)NC3(CN)CC3)c2n1. The Bertz CT molecular complexity index is 1090. The summed E-state index contributed by atoms with van der Waals surface area (Å²) >= 11 is 0.